The number of pyridine rings is 1. The van der Waals surface area contributed by atoms with Crippen LogP contribution in [-0.2, 0) is 0 Å². The van der Waals surface area contributed by atoms with Gasteiger partial charge in [-0.25, -0.2) is 0 Å². The summed E-state index contributed by atoms with van der Waals surface area (Å²) in [5.74, 6) is 0. The molecule has 2 N–H and O–H groups in total. The molecule has 94 valence electrons. The zero-order chi connectivity index (χ0) is 13.2. The fourth-order valence-electron chi connectivity index (χ4n) is 2.30. The highest BCUT2D eigenvalue weighted by Crippen LogP contribution is 2.29. The van der Waals surface area contributed by atoms with Gasteiger partial charge in [-0.15, -0.1) is 0 Å². The maximum absolute atomic E-state index is 6.39. The Bertz CT molecular complexity index is 719. The van der Waals surface area contributed by atoms with Crippen LogP contribution in [0.25, 0.3) is 10.8 Å². The van der Waals surface area contributed by atoms with Gasteiger partial charge >= 0.3 is 0 Å². The van der Waals surface area contributed by atoms with Gasteiger partial charge in [0.2, 0.25) is 0 Å². The van der Waals surface area contributed by atoms with Crippen LogP contribution in [0.4, 0.5) is 0 Å². The second-order valence-electron chi connectivity index (χ2n) is 4.42. The molecule has 0 amide bonds. The monoisotopic (exact) mass is 312 g/mol. The van der Waals surface area contributed by atoms with Gasteiger partial charge in [-0.2, -0.15) is 0 Å². The lowest BCUT2D eigenvalue weighted by Gasteiger charge is -2.15. The molecule has 3 rings (SSSR count). The zero-order valence-corrected chi connectivity index (χ0v) is 11.8. The van der Waals surface area contributed by atoms with Gasteiger partial charge in [-0.3, -0.25) is 4.98 Å². The maximum Gasteiger partial charge on any atom is 0.0758 e. The van der Waals surface area contributed by atoms with Crippen LogP contribution in [0.5, 0.6) is 0 Å². The van der Waals surface area contributed by atoms with Gasteiger partial charge < -0.3 is 5.73 Å². The van der Waals surface area contributed by atoms with Gasteiger partial charge in [0, 0.05) is 10.7 Å². The lowest BCUT2D eigenvalue weighted by atomic mass is 9.97. The van der Waals surface area contributed by atoms with Crippen LogP contribution in [-0.4, -0.2) is 4.98 Å². The summed E-state index contributed by atoms with van der Waals surface area (Å²) in [6.07, 6.45) is 1.77. The van der Waals surface area contributed by atoms with E-state index in [9.17, 15) is 0 Å². The minimum atomic E-state index is -0.235. The van der Waals surface area contributed by atoms with Crippen molar-refractivity contribution in [2.45, 2.75) is 6.04 Å². The maximum atomic E-state index is 6.39. The largest absolute Gasteiger partial charge is 0.319 e. The molecular weight excluding hydrogens is 300 g/mol. The molecule has 0 bridgehead atoms. The van der Waals surface area contributed by atoms with E-state index in [1.165, 1.54) is 10.8 Å². The van der Waals surface area contributed by atoms with Crippen molar-refractivity contribution < 1.29 is 0 Å². The predicted molar refractivity (Wildman–Crippen MR) is 81.9 cm³/mol. The molecule has 0 aliphatic rings. The number of nitrogens with two attached hydrogens (primary N) is 1. The molecule has 1 heterocycles. The van der Waals surface area contributed by atoms with E-state index in [1.54, 1.807) is 6.20 Å². The number of benzene rings is 2. The van der Waals surface area contributed by atoms with Crippen molar-refractivity contribution in [1.29, 1.82) is 0 Å². The van der Waals surface area contributed by atoms with E-state index in [2.05, 4.69) is 45.2 Å². The molecule has 0 fully saturated rings. The lowest BCUT2D eigenvalue weighted by Crippen LogP contribution is -2.14. The molecule has 19 heavy (non-hydrogen) atoms. The van der Waals surface area contributed by atoms with Gasteiger partial charge in [0.05, 0.1) is 11.7 Å². The van der Waals surface area contributed by atoms with E-state index in [0.29, 0.717) is 0 Å². The number of fused-ring (bicyclic) bond motifs is 1. The van der Waals surface area contributed by atoms with Gasteiger partial charge in [0.15, 0.2) is 0 Å². The van der Waals surface area contributed by atoms with E-state index in [4.69, 9.17) is 5.73 Å². The number of hydrogen-bond donors (Lipinski definition) is 1. The Morgan fingerprint density at radius 2 is 1.74 bits per heavy atom. The molecule has 0 spiro atoms. The molecule has 3 aromatic rings. The number of hydrogen-bond acceptors (Lipinski definition) is 2. The van der Waals surface area contributed by atoms with E-state index < -0.39 is 0 Å². The van der Waals surface area contributed by atoms with Crippen LogP contribution in [0.2, 0.25) is 0 Å². The first kappa shape index (κ1) is 12.3. The van der Waals surface area contributed by atoms with Crippen LogP contribution in [0.15, 0.2) is 65.3 Å². The molecule has 0 saturated heterocycles. The fourth-order valence-corrected chi connectivity index (χ4v) is 2.80. The minimum absolute atomic E-state index is 0.235. The van der Waals surface area contributed by atoms with Crippen molar-refractivity contribution in [3.05, 3.63) is 76.5 Å². The number of nitrogens with zero attached hydrogens (tertiary/aromatic N) is 1. The summed E-state index contributed by atoms with van der Waals surface area (Å²) >= 11 is 3.52. The smallest absolute Gasteiger partial charge is 0.0758 e. The minimum Gasteiger partial charge on any atom is -0.319 e. The van der Waals surface area contributed by atoms with Crippen molar-refractivity contribution in [2.24, 2.45) is 5.73 Å². The van der Waals surface area contributed by atoms with E-state index in [1.807, 2.05) is 30.3 Å². The number of aromatic nitrogens is 1. The second-order valence-corrected chi connectivity index (χ2v) is 5.27. The Labute approximate surface area is 120 Å². The topological polar surface area (TPSA) is 38.9 Å². The highest BCUT2D eigenvalue weighted by atomic mass is 79.9. The summed E-state index contributed by atoms with van der Waals surface area (Å²) in [5, 5.41) is 2.37. The van der Waals surface area contributed by atoms with Crippen LogP contribution < -0.4 is 5.73 Å². The third-order valence-corrected chi connectivity index (χ3v) is 3.91. The first-order valence-corrected chi connectivity index (χ1v) is 6.90. The Kier molecular flexibility index (Phi) is 3.32. The van der Waals surface area contributed by atoms with E-state index in [-0.39, 0.29) is 6.04 Å². The molecule has 3 heteroatoms. The van der Waals surface area contributed by atoms with Crippen LogP contribution >= 0.6 is 15.9 Å². The first-order valence-electron chi connectivity index (χ1n) is 6.11. The number of halogens is 1. The van der Waals surface area contributed by atoms with Gasteiger partial charge in [0.1, 0.15) is 0 Å². The van der Waals surface area contributed by atoms with Crippen molar-refractivity contribution in [3.8, 4) is 0 Å². The zero-order valence-electron chi connectivity index (χ0n) is 10.3. The average molecular weight is 313 g/mol. The molecule has 1 aromatic heterocycles. The van der Waals surface area contributed by atoms with Gasteiger partial charge in [0.25, 0.3) is 0 Å². The van der Waals surface area contributed by atoms with Crippen molar-refractivity contribution in [2.75, 3.05) is 0 Å². The van der Waals surface area contributed by atoms with Crippen LogP contribution in [0.1, 0.15) is 17.3 Å². The summed E-state index contributed by atoms with van der Waals surface area (Å²) in [4.78, 5) is 4.39. The van der Waals surface area contributed by atoms with Crippen LogP contribution in [0.3, 0.4) is 0 Å². The first-order chi connectivity index (χ1) is 9.27. The van der Waals surface area contributed by atoms with Gasteiger partial charge in [-0.1, -0.05) is 42.5 Å². The summed E-state index contributed by atoms with van der Waals surface area (Å²) in [7, 11) is 0. The highest BCUT2D eigenvalue weighted by Gasteiger charge is 2.15. The Hall–Kier alpha value is -1.71. The van der Waals surface area contributed by atoms with Crippen molar-refractivity contribution in [3.63, 3.8) is 0 Å². The lowest BCUT2D eigenvalue weighted by molar-refractivity contribution is 0.829. The molecule has 0 aliphatic carbocycles. The average Bonchev–Trinajstić information content (AvgIpc) is 2.46. The molecule has 0 saturated carbocycles. The third kappa shape index (κ3) is 2.27. The van der Waals surface area contributed by atoms with Crippen molar-refractivity contribution >= 4 is 26.7 Å². The Morgan fingerprint density at radius 1 is 0.947 bits per heavy atom. The fraction of sp³-hybridized carbons (Fsp3) is 0.0625. The Morgan fingerprint density at radius 3 is 2.58 bits per heavy atom. The summed E-state index contributed by atoms with van der Waals surface area (Å²) in [6, 6.07) is 18.1. The number of rotatable bonds is 2. The van der Waals surface area contributed by atoms with Crippen molar-refractivity contribution in [1.82, 2.24) is 4.98 Å². The Balaban J connectivity index is 2.17. The van der Waals surface area contributed by atoms with E-state index in [0.717, 1.165) is 15.7 Å². The normalized spacial score (nSPS) is 12.5. The van der Waals surface area contributed by atoms with E-state index >= 15 is 0 Å². The molecule has 2 aromatic carbocycles. The summed E-state index contributed by atoms with van der Waals surface area (Å²) in [6.45, 7) is 0. The predicted octanol–water partition coefficient (Wildman–Crippen LogP) is 4.05. The quantitative estimate of drug-likeness (QED) is 0.775. The summed E-state index contributed by atoms with van der Waals surface area (Å²) < 4.78 is 0.940. The summed E-state index contributed by atoms with van der Waals surface area (Å²) in [5.41, 5.74) is 8.35. The molecule has 1 atom stereocenters. The second kappa shape index (κ2) is 5.11. The highest BCUT2D eigenvalue weighted by molar-refractivity contribution is 9.10. The molecule has 0 aliphatic heterocycles. The standard InChI is InChI=1S/C16H13BrN2/c17-14-9-4-10-19-16(14)15(18)13-8-3-6-11-5-1-2-7-12(11)13/h1-10,15H,18H2. The molecule has 1 unspecified atom stereocenters. The third-order valence-electron chi connectivity index (χ3n) is 3.24. The SMILES string of the molecule is NC(c1ncccc1Br)c1cccc2ccccc12. The van der Waals surface area contributed by atoms with Gasteiger partial charge in [-0.05, 0) is 44.4 Å². The molecule has 0 radical (unpaired) electrons. The molecular formula is C16H13BrN2. The van der Waals surface area contributed by atoms with Crippen LogP contribution in [0, 0.1) is 0 Å². The molecule has 2 nitrogen and oxygen atoms in total.